The number of nitrogens with two attached hydrogens (primary N) is 1. The molecule has 2 atom stereocenters. The van der Waals surface area contributed by atoms with Crippen LogP contribution < -0.4 is 15.8 Å². The molecular weight excluding hydrogens is 525 g/mol. The van der Waals surface area contributed by atoms with Gasteiger partial charge in [0.2, 0.25) is 0 Å². The van der Waals surface area contributed by atoms with Gasteiger partial charge in [-0.1, -0.05) is 19.1 Å². The van der Waals surface area contributed by atoms with Crippen molar-refractivity contribution in [1.29, 1.82) is 0 Å². The maximum Gasteiger partial charge on any atom is 0.320 e. The number of carbonyl (C=O) groups is 2. The maximum absolute atomic E-state index is 15.3. The molecule has 0 bridgehead atoms. The highest BCUT2D eigenvalue weighted by molar-refractivity contribution is 5.78. The number of aromatic nitrogens is 1. The van der Waals surface area contributed by atoms with Crippen molar-refractivity contribution in [3.63, 3.8) is 0 Å². The molecule has 9 nitrogen and oxygen atoms in total. The van der Waals surface area contributed by atoms with E-state index in [1.165, 1.54) is 22.6 Å². The van der Waals surface area contributed by atoms with E-state index in [0.717, 1.165) is 50.2 Å². The number of fused-ring (bicyclic) bond motifs is 1. The van der Waals surface area contributed by atoms with E-state index in [-0.39, 0.29) is 18.2 Å². The zero-order valence-corrected chi connectivity index (χ0v) is 24.7. The molecule has 1 fully saturated rings. The lowest BCUT2D eigenvalue weighted by molar-refractivity contribution is -0.138. The fourth-order valence-corrected chi connectivity index (χ4v) is 5.87. The number of halogens is 1. The van der Waals surface area contributed by atoms with Gasteiger partial charge >= 0.3 is 12.0 Å². The molecule has 2 aliphatic rings. The molecule has 41 heavy (non-hydrogen) atoms. The van der Waals surface area contributed by atoms with E-state index in [2.05, 4.69) is 11.4 Å². The number of aliphatic carboxylic acids is 1. The maximum atomic E-state index is 15.3. The van der Waals surface area contributed by atoms with Crippen molar-refractivity contribution in [3.05, 3.63) is 53.0 Å². The van der Waals surface area contributed by atoms with Crippen molar-refractivity contribution >= 4 is 17.8 Å². The Labute approximate surface area is 242 Å². The van der Waals surface area contributed by atoms with Crippen molar-refractivity contribution in [2.75, 3.05) is 31.5 Å². The molecule has 1 aromatic carbocycles. The number of carboxylic acid groups (broad SMARTS) is 1. The summed E-state index contributed by atoms with van der Waals surface area (Å²) in [5.74, 6) is -0.631. The number of nitrogens with zero attached hydrogens (tertiary/aromatic N) is 3. The number of hydrogen-bond acceptors (Lipinski definition) is 6. The van der Waals surface area contributed by atoms with Gasteiger partial charge in [-0.05, 0) is 82.2 Å². The summed E-state index contributed by atoms with van der Waals surface area (Å²) in [6.07, 6.45) is 4.58. The van der Waals surface area contributed by atoms with Crippen LogP contribution in [0.1, 0.15) is 82.7 Å². The second kappa shape index (κ2) is 12.6. The number of hydrogen-bond donors (Lipinski definition) is 3. The van der Waals surface area contributed by atoms with Crippen LogP contribution in [0.5, 0.6) is 5.75 Å². The second-order valence-corrected chi connectivity index (χ2v) is 12.3. The molecule has 1 saturated heterocycles. The second-order valence-electron chi connectivity index (χ2n) is 12.3. The third-order valence-electron chi connectivity index (χ3n) is 8.05. The van der Waals surface area contributed by atoms with Gasteiger partial charge < -0.3 is 30.7 Å². The van der Waals surface area contributed by atoms with E-state index in [0.29, 0.717) is 31.6 Å². The molecule has 0 aliphatic carbocycles. The van der Waals surface area contributed by atoms with Crippen molar-refractivity contribution in [1.82, 2.24) is 14.8 Å². The Morgan fingerprint density at radius 3 is 2.73 bits per heavy atom. The molecular formula is C31H44FN5O4. The van der Waals surface area contributed by atoms with Gasteiger partial charge in [-0.25, -0.2) is 14.2 Å². The van der Waals surface area contributed by atoms with Crippen LogP contribution in [0, 0.1) is 5.82 Å². The number of ether oxygens (including phenoxy) is 1. The van der Waals surface area contributed by atoms with Gasteiger partial charge in [0.25, 0.3) is 0 Å². The average Bonchev–Trinajstić information content (AvgIpc) is 3.27. The zero-order valence-electron chi connectivity index (χ0n) is 24.7. The van der Waals surface area contributed by atoms with E-state index in [1.54, 1.807) is 11.0 Å². The highest BCUT2D eigenvalue weighted by Gasteiger charge is 2.36. The standard InChI is InChI=1S/C31H44FN5O4/c1-5-31(4,33)20-30(2,3)41-26-13-11-22(18-24(26)32)25(19-27(38)39)37-17-16-36(29(37)40)15-7-9-23-12-10-21-8-6-14-34-28(21)35-23/h10-13,18,25H,5-9,14-17,19-20,33H2,1-4H3,(H,34,35)(H,38,39)/t25-,31?/m0/s1. The molecule has 3 heterocycles. The average molecular weight is 570 g/mol. The molecule has 10 heteroatoms. The number of anilines is 1. The molecule has 1 unspecified atom stereocenters. The number of nitrogens with one attached hydrogen (secondary N) is 1. The Morgan fingerprint density at radius 1 is 1.24 bits per heavy atom. The molecule has 1 aromatic heterocycles. The summed E-state index contributed by atoms with van der Waals surface area (Å²) in [6, 6.07) is 7.60. The molecule has 2 aromatic rings. The summed E-state index contributed by atoms with van der Waals surface area (Å²) >= 11 is 0. The molecule has 2 aliphatic heterocycles. The summed E-state index contributed by atoms with van der Waals surface area (Å²) in [5.41, 5.74) is 7.79. The van der Waals surface area contributed by atoms with Crippen molar-refractivity contribution in [3.8, 4) is 5.75 Å². The van der Waals surface area contributed by atoms with Gasteiger partial charge in [-0.3, -0.25) is 4.79 Å². The minimum absolute atomic E-state index is 0.0695. The summed E-state index contributed by atoms with van der Waals surface area (Å²) in [7, 11) is 0. The largest absolute Gasteiger partial charge is 0.485 e. The summed E-state index contributed by atoms with van der Waals surface area (Å²) < 4.78 is 21.3. The Morgan fingerprint density at radius 2 is 2.02 bits per heavy atom. The highest BCUT2D eigenvalue weighted by Crippen LogP contribution is 2.34. The number of pyridine rings is 1. The SMILES string of the molecule is CCC(C)(N)CC(C)(C)Oc1ccc([C@H](CC(=O)O)N2CCN(CCCc3ccc4c(n3)NCCC4)C2=O)cc1F. The van der Waals surface area contributed by atoms with Crippen LogP contribution in [-0.4, -0.2) is 69.2 Å². The molecule has 4 N–H and O–H groups in total. The Hall–Kier alpha value is -3.40. The zero-order chi connectivity index (χ0) is 29.8. The lowest BCUT2D eigenvalue weighted by atomic mass is 9.86. The van der Waals surface area contributed by atoms with Gasteiger partial charge in [0.1, 0.15) is 11.4 Å². The van der Waals surface area contributed by atoms with Crippen molar-refractivity contribution < 1.29 is 23.8 Å². The van der Waals surface area contributed by atoms with Crippen LogP contribution in [-0.2, 0) is 17.6 Å². The number of aryl methyl sites for hydroxylation is 2. The minimum Gasteiger partial charge on any atom is -0.485 e. The summed E-state index contributed by atoms with van der Waals surface area (Å²) in [6.45, 7) is 10.00. The third-order valence-corrected chi connectivity index (χ3v) is 8.05. The van der Waals surface area contributed by atoms with Crippen molar-refractivity contribution in [2.24, 2.45) is 5.73 Å². The molecule has 0 saturated carbocycles. The van der Waals surface area contributed by atoms with Gasteiger partial charge in [-0.15, -0.1) is 0 Å². The lowest BCUT2D eigenvalue weighted by Gasteiger charge is -2.35. The molecule has 2 amide bonds. The van der Waals surface area contributed by atoms with E-state index in [9.17, 15) is 14.7 Å². The van der Waals surface area contributed by atoms with E-state index in [1.807, 2.05) is 33.8 Å². The highest BCUT2D eigenvalue weighted by atomic mass is 19.1. The number of carboxylic acids is 1. The normalized spacial score (nSPS) is 17.6. The Bertz CT molecular complexity index is 1250. The van der Waals surface area contributed by atoms with E-state index >= 15 is 4.39 Å². The fourth-order valence-electron chi connectivity index (χ4n) is 5.87. The van der Waals surface area contributed by atoms with E-state index in [4.69, 9.17) is 15.5 Å². The first-order chi connectivity index (χ1) is 19.4. The summed E-state index contributed by atoms with van der Waals surface area (Å²) in [5, 5.41) is 13.0. The molecule has 0 spiro atoms. The fraction of sp³-hybridized carbons (Fsp3) is 0.581. The van der Waals surface area contributed by atoms with Crippen LogP contribution in [0.25, 0.3) is 0 Å². The topological polar surface area (TPSA) is 121 Å². The summed E-state index contributed by atoms with van der Waals surface area (Å²) in [4.78, 5) is 33.1. The Balaban J connectivity index is 1.40. The van der Waals surface area contributed by atoms with E-state index < -0.39 is 29.0 Å². The predicted octanol–water partition coefficient (Wildman–Crippen LogP) is 5.14. The lowest BCUT2D eigenvalue weighted by Crippen LogP contribution is -2.45. The van der Waals surface area contributed by atoms with Crippen LogP contribution in [0.4, 0.5) is 15.0 Å². The first kappa shape index (κ1) is 30.6. The van der Waals surface area contributed by atoms with Gasteiger partial charge in [0.05, 0.1) is 12.5 Å². The molecule has 0 radical (unpaired) electrons. The first-order valence-corrected chi connectivity index (χ1v) is 14.6. The van der Waals surface area contributed by atoms with Crippen LogP contribution >= 0.6 is 0 Å². The van der Waals surface area contributed by atoms with Gasteiger partial charge in [0.15, 0.2) is 11.6 Å². The van der Waals surface area contributed by atoms with Gasteiger partial charge in [0, 0.05) is 43.8 Å². The smallest absolute Gasteiger partial charge is 0.320 e. The van der Waals surface area contributed by atoms with Gasteiger partial charge in [-0.2, -0.15) is 0 Å². The number of amides is 2. The minimum atomic E-state index is -1.06. The predicted molar refractivity (Wildman–Crippen MR) is 157 cm³/mol. The van der Waals surface area contributed by atoms with Crippen LogP contribution in [0.15, 0.2) is 30.3 Å². The number of carbonyl (C=O) groups excluding carboxylic acids is 1. The monoisotopic (exact) mass is 569 g/mol. The van der Waals surface area contributed by atoms with Crippen LogP contribution in [0.3, 0.4) is 0 Å². The quantitative estimate of drug-likeness (QED) is 0.305. The number of benzene rings is 1. The third kappa shape index (κ3) is 7.87. The number of urea groups is 1. The first-order valence-electron chi connectivity index (χ1n) is 14.6. The van der Waals surface area contributed by atoms with Crippen LogP contribution in [0.2, 0.25) is 0 Å². The Kier molecular flexibility index (Phi) is 9.41. The molecule has 224 valence electrons. The molecule has 4 rings (SSSR count). The number of rotatable bonds is 13. The van der Waals surface area contributed by atoms with Crippen molar-refractivity contribution in [2.45, 2.75) is 89.8 Å².